The second-order valence-electron chi connectivity index (χ2n) is 5.73. The molecule has 0 amide bonds. The lowest BCUT2D eigenvalue weighted by molar-refractivity contribution is 0.101. The molecule has 0 unspecified atom stereocenters. The van der Waals surface area contributed by atoms with Crippen LogP contribution in [0, 0.1) is 12.7 Å². The van der Waals surface area contributed by atoms with Gasteiger partial charge in [-0.05, 0) is 56.3 Å². The smallest absolute Gasteiger partial charge is 0.229 e. The molecule has 0 bridgehead atoms. The zero-order chi connectivity index (χ0) is 18.7. The fraction of sp³-hybridized carbons (Fsp3) is 0.105. The normalized spacial score (nSPS) is 10.5. The Morgan fingerprint density at radius 2 is 1.69 bits per heavy atom. The average molecular weight is 371 g/mol. The molecule has 0 aliphatic heterocycles. The van der Waals surface area contributed by atoms with Crippen molar-refractivity contribution in [2.75, 3.05) is 10.6 Å². The fourth-order valence-corrected chi connectivity index (χ4v) is 2.51. The third kappa shape index (κ3) is 4.34. The summed E-state index contributed by atoms with van der Waals surface area (Å²) in [6.07, 6.45) is 0. The van der Waals surface area contributed by atoms with Gasteiger partial charge in [-0.15, -0.1) is 0 Å². The number of aryl methyl sites for hydroxylation is 1. The van der Waals surface area contributed by atoms with E-state index in [1.165, 1.54) is 19.1 Å². The maximum atomic E-state index is 13.3. The molecule has 5 nitrogen and oxygen atoms in total. The molecule has 0 saturated heterocycles. The van der Waals surface area contributed by atoms with Gasteiger partial charge in [0.1, 0.15) is 11.6 Å². The first kappa shape index (κ1) is 17.8. The number of rotatable bonds is 5. The van der Waals surface area contributed by atoms with E-state index in [1.54, 1.807) is 36.4 Å². The number of carbonyl (C=O) groups excluding carboxylic acids is 1. The number of nitrogens with zero attached hydrogens (tertiary/aromatic N) is 2. The molecule has 3 aromatic rings. The van der Waals surface area contributed by atoms with Gasteiger partial charge in [-0.2, -0.15) is 4.98 Å². The Morgan fingerprint density at radius 3 is 2.35 bits per heavy atom. The highest BCUT2D eigenvalue weighted by atomic mass is 35.5. The second kappa shape index (κ2) is 7.49. The minimum Gasteiger partial charge on any atom is -0.340 e. The number of anilines is 4. The minimum absolute atomic E-state index is 0.0128. The van der Waals surface area contributed by atoms with Gasteiger partial charge in [-0.1, -0.05) is 11.6 Å². The predicted molar refractivity (Wildman–Crippen MR) is 101 cm³/mol. The first-order valence-electron chi connectivity index (χ1n) is 7.86. The molecule has 2 aromatic carbocycles. The Bertz CT molecular complexity index is 960. The molecule has 7 heteroatoms. The van der Waals surface area contributed by atoms with Crippen LogP contribution in [0.25, 0.3) is 0 Å². The second-order valence-corrected chi connectivity index (χ2v) is 6.14. The predicted octanol–water partition coefficient (Wildman–Crippen LogP) is 5.27. The average Bonchev–Trinajstić information content (AvgIpc) is 2.58. The number of hydrogen-bond acceptors (Lipinski definition) is 5. The number of halogens is 2. The first-order valence-corrected chi connectivity index (χ1v) is 8.24. The molecule has 0 aliphatic rings. The van der Waals surface area contributed by atoms with Crippen molar-refractivity contribution in [3.05, 3.63) is 70.6 Å². The van der Waals surface area contributed by atoms with Crippen LogP contribution in [0.1, 0.15) is 23.0 Å². The summed E-state index contributed by atoms with van der Waals surface area (Å²) >= 11 is 5.79. The van der Waals surface area contributed by atoms with Crippen molar-refractivity contribution in [3.63, 3.8) is 0 Å². The monoisotopic (exact) mass is 370 g/mol. The quantitative estimate of drug-likeness (QED) is 0.599. The number of Topliss-reactive ketones (excluding diaryl/α,β-unsaturated/α-hetero) is 1. The Balaban J connectivity index is 1.80. The van der Waals surface area contributed by atoms with Gasteiger partial charge in [0.15, 0.2) is 5.78 Å². The lowest BCUT2D eigenvalue weighted by Crippen LogP contribution is -2.02. The molecule has 1 heterocycles. The SMILES string of the molecule is CC(=O)c1ccc(Nc2cc(C)nc(Nc3ccc(F)c(Cl)c3)n2)cc1. The number of carbonyl (C=O) groups is 1. The van der Waals surface area contributed by atoms with E-state index in [4.69, 9.17) is 11.6 Å². The number of ketones is 1. The van der Waals surface area contributed by atoms with Gasteiger partial charge in [0, 0.05) is 28.7 Å². The molecule has 26 heavy (non-hydrogen) atoms. The topological polar surface area (TPSA) is 66.9 Å². The summed E-state index contributed by atoms with van der Waals surface area (Å²) in [5, 5.41) is 6.19. The van der Waals surface area contributed by atoms with Crippen LogP contribution < -0.4 is 10.6 Å². The Morgan fingerprint density at radius 1 is 1.00 bits per heavy atom. The van der Waals surface area contributed by atoms with Crippen LogP contribution >= 0.6 is 11.6 Å². The van der Waals surface area contributed by atoms with Crippen molar-refractivity contribution in [1.29, 1.82) is 0 Å². The van der Waals surface area contributed by atoms with Gasteiger partial charge in [0.25, 0.3) is 0 Å². The highest BCUT2D eigenvalue weighted by Crippen LogP contribution is 2.23. The number of hydrogen-bond donors (Lipinski definition) is 2. The van der Waals surface area contributed by atoms with Crippen LogP contribution in [-0.4, -0.2) is 15.8 Å². The summed E-state index contributed by atoms with van der Waals surface area (Å²) in [5.74, 6) is 0.469. The summed E-state index contributed by atoms with van der Waals surface area (Å²) in [7, 11) is 0. The van der Waals surface area contributed by atoms with Gasteiger partial charge in [0.2, 0.25) is 5.95 Å². The maximum Gasteiger partial charge on any atom is 0.229 e. The highest BCUT2D eigenvalue weighted by molar-refractivity contribution is 6.31. The van der Waals surface area contributed by atoms with Gasteiger partial charge in [0.05, 0.1) is 5.02 Å². The van der Waals surface area contributed by atoms with Crippen LogP contribution in [0.3, 0.4) is 0 Å². The molecule has 2 N–H and O–H groups in total. The van der Waals surface area contributed by atoms with Crippen molar-refractivity contribution in [1.82, 2.24) is 9.97 Å². The van der Waals surface area contributed by atoms with E-state index in [2.05, 4.69) is 20.6 Å². The first-order chi connectivity index (χ1) is 12.4. The summed E-state index contributed by atoms with van der Waals surface area (Å²) in [6.45, 7) is 3.37. The van der Waals surface area contributed by atoms with Gasteiger partial charge >= 0.3 is 0 Å². The van der Waals surface area contributed by atoms with E-state index in [9.17, 15) is 9.18 Å². The number of benzene rings is 2. The van der Waals surface area contributed by atoms with E-state index in [0.29, 0.717) is 23.0 Å². The Hall–Kier alpha value is -2.99. The van der Waals surface area contributed by atoms with Gasteiger partial charge < -0.3 is 10.6 Å². The standard InChI is InChI=1S/C19H16ClFN4O/c1-11-9-18(23-14-5-3-13(4-6-14)12(2)26)25-19(22-11)24-15-7-8-17(21)16(20)10-15/h3-10H,1-2H3,(H2,22,23,24,25). The Labute approximate surface area is 155 Å². The van der Waals surface area contributed by atoms with E-state index in [-0.39, 0.29) is 10.8 Å². The van der Waals surface area contributed by atoms with Crippen LogP contribution in [0.5, 0.6) is 0 Å². The minimum atomic E-state index is -0.487. The molecule has 132 valence electrons. The van der Waals surface area contributed by atoms with Crippen molar-refractivity contribution in [3.8, 4) is 0 Å². The molecule has 0 saturated carbocycles. The maximum absolute atomic E-state index is 13.3. The third-order valence-corrected chi connectivity index (χ3v) is 3.88. The number of nitrogens with one attached hydrogen (secondary N) is 2. The van der Waals surface area contributed by atoms with E-state index < -0.39 is 5.82 Å². The summed E-state index contributed by atoms with van der Waals surface area (Å²) < 4.78 is 13.3. The highest BCUT2D eigenvalue weighted by Gasteiger charge is 2.06. The number of aromatic nitrogens is 2. The van der Waals surface area contributed by atoms with Crippen molar-refractivity contribution < 1.29 is 9.18 Å². The molecule has 1 aromatic heterocycles. The third-order valence-electron chi connectivity index (χ3n) is 3.59. The van der Waals surface area contributed by atoms with E-state index in [0.717, 1.165) is 11.4 Å². The molecular weight excluding hydrogens is 355 g/mol. The van der Waals surface area contributed by atoms with E-state index >= 15 is 0 Å². The molecule has 0 fully saturated rings. The van der Waals surface area contributed by atoms with Gasteiger partial charge in [-0.25, -0.2) is 9.37 Å². The van der Waals surface area contributed by atoms with Crippen molar-refractivity contribution in [2.24, 2.45) is 0 Å². The summed E-state index contributed by atoms with van der Waals surface area (Å²) in [5.41, 5.74) is 2.77. The molecular formula is C19H16ClFN4O. The van der Waals surface area contributed by atoms with Gasteiger partial charge in [-0.3, -0.25) is 4.79 Å². The van der Waals surface area contributed by atoms with Crippen molar-refractivity contribution >= 4 is 40.5 Å². The molecule has 0 aliphatic carbocycles. The lowest BCUT2D eigenvalue weighted by atomic mass is 10.1. The largest absolute Gasteiger partial charge is 0.340 e. The summed E-state index contributed by atoms with van der Waals surface area (Å²) in [4.78, 5) is 20.1. The summed E-state index contributed by atoms with van der Waals surface area (Å²) in [6, 6.07) is 13.2. The lowest BCUT2D eigenvalue weighted by Gasteiger charge is -2.10. The molecule has 3 rings (SSSR count). The van der Waals surface area contributed by atoms with Crippen molar-refractivity contribution in [2.45, 2.75) is 13.8 Å². The van der Waals surface area contributed by atoms with Crippen LogP contribution in [0.2, 0.25) is 5.02 Å². The van der Waals surface area contributed by atoms with E-state index in [1.807, 2.05) is 6.92 Å². The molecule has 0 spiro atoms. The van der Waals surface area contributed by atoms with Crippen LogP contribution in [-0.2, 0) is 0 Å². The van der Waals surface area contributed by atoms with Crippen LogP contribution in [0.4, 0.5) is 27.5 Å². The zero-order valence-electron chi connectivity index (χ0n) is 14.2. The molecule has 0 atom stereocenters. The molecule has 0 radical (unpaired) electrons. The Kier molecular flexibility index (Phi) is 5.14. The zero-order valence-corrected chi connectivity index (χ0v) is 14.9. The fourth-order valence-electron chi connectivity index (χ4n) is 2.33. The van der Waals surface area contributed by atoms with Crippen LogP contribution in [0.15, 0.2) is 48.5 Å².